The summed E-state index contributed by atoms with van der Waals surface area (Å²) in [6.07, 6.45) is 3.97. The fourth-order valence-electron chi connectivity index (χ4n) is 3.09. The van der Waals surface area contributed by atoms with Crippen LogP contribution in [0.1, 0.15) is 53.9 Å². The van der Waals surface area contributed by atoms with Gasteiger partial charge < -0.3 is 5.32 Å². The normalized spacial score (nSPS) is 30.9. The van der Waals surface area contributed by atoms with E-state index in [4.69, 9.17) is 0 Å². The van der Waals surface area contributed by atoms with Crippen molar-refractivity contribution in [3.63, 3.8) is 0 Å². The number of hydrogen-bond acceptors (Lipinski definition) is 2. The van der Waals surface area contributed by atoms with Crippen LogP contribution in [-0.4, -0.2) is 37.1 Å². The number of hydrogen-bond donors (Lipinski definition) is 1. The summed E-state index contributed by atoms with van der Waals surface area (Å²) in [6.45, 7) is 11.8. The Hall–Kier alpha value is -0.0800. The molecule has 1 N–H and O–H groups in total. The van der Waals surface area contributed by atoms with Gasteiger partial charge in [-0.25, -0.2) is 0 Å². The fraction of sp³-hybridized carbons (Fsp3) is 1.00. The molecule has 0 radical (unpaired) electrons. The molecule has 1 saturated carbocycles. The van der Waals surface area contributed by atoms with Crippen LogP contribution in [-0.2, 0) is 0 Å². The van der Waals surface area contributed by atoms with Crippen LogP contribution < -0.4 is 5.32 Å². The number of rotatable bonds is 4. The fourth-order valence-corrected chi connectivity index (χ4v) is 3.09. The first-order chi connectivity index (χ1) is 7.78. The zero-order chi connectivity index (χ0) is 13.2. The van der Waals surface area contributed by atoms with Crippen LogP contribution in [0.4, 0.5) is 0 Å². The van der Waals surface area contributed by atoms with E-state index in [-0.39, 0.29) is 0 Å². The number of nitrogens with zero attached hydrogens (tertiary/aromatic N) is 1. The smallest absolute Gasteiger partial charge is 0.0254 e. The standard InChI is InChI=1S/C15H32N2/c1-11(2)12(3)17(7)14-10-15(4,5)9-8-13(14)16-6/h11-14,16H,8-10H2,1-7H3. The maximum Gasteiger partial charge on any atom is 0.0254 e. The second-order valence-electron chi connectivity index (χ2n) is 7.02. The summed E-state index contributed by atoms with van der Waals surface area (Å²) in [7, 11) is 4.42. The molecule has 1 rings (SSSR count). The summed E-state index contributed by atoms with van der Waals surface area (Å²) in [6, 6.07) is 2.00. The molecule has 0 aromatic carbocycles. The lowest BCUT2D eigenvalue weighted by molar-refractivity contribution is 0.0488. The van der Waals surface area contributed by atoms with E-state index in [2.05, 4.69) is 58.9 Å². The minimum absolute atomic E-state index is 0.503. The highest BCUT2D eigenvalue weighted by Crippen LogP contribution is 2.38. The van der Waals surface area contributed by atoms with Crippen molar-refractivity contribution in [1.29, 1.82) is 0 Å². The molecule has 3 unspecified atom stereocenters. The first-order valence-electron chi connectivity index (χ1n) is 7.17. The number of nitrogens with one attached hydrogen (secondary N) is 1. The maximum atomic E-state index is 3.52. The quantitative estimate of drug-likeness (QED) is 0.812. The summed E-state index contributed by atoms with van der Waals surface area (Å²) in [5.41, 5.74) is 0.503. The molecule has 102 valence electrons. The number of likely N-dealkylation sites (N-methyl/N-ethyl adjacent to an activating group) is 2. The van der Waals surface area contributed by atoms with Crippen LogP contribution in [0.2, 0.25) is 0 Å². The molecule has 17 heavy (non-hydrogen) atoms. The van der Waals surface area contributed by atoms with E-state index >= 15 is 0 Å². The van der Waals surface area contributed by atoms with Crippen LogP contribution in [0.5, 0.6) is 0 Å². The Balaban J connectivity index is 2.76. The van der Waals surface area contributed by atoms with Gasteiger partial charge in [0.1, 0.15) is 0 Å². The highest BCUT2D eigenvalue weighted by molar-refractivity contribution is 4.94. The van der Waals surface area contributed by atoms with E-state index in [1.807, 2.05) is 0 Å². The third kappa shape index (κ3) is 3.69. The van der Waals surface area contributed by atoms with Crippen molar-refractivity contribution in [3.8, 4) is 0 Å². The van der Waals surface area contributed by atoms with E-state index in [0.717, 1.165) is 5.92 Å². The lowest BCUT2D eigenvalue weighted by atomic mass is 9.72. The molecule has 3 atom stereocenters. The van der Waals surface area contributed by atoms with E-state index in [1.165, 1.54) is 19.3 Å². The van der Waals surface area contributed by atoms with Crippen LogP contribution in [0.25, 0.3) is 0 Å². The molecule has 2 nitrogen and oxygen atoms in total. The van der Waals surface area contributed by atoms with Gasteiger partial charge in [-0.3, -0.25) is 4.90 Å². The summed E-state index contributed by atoms with van der Waals surface area (Å²) >= 11 is 0. The Labute approximate surface area is 108 Å². The Bertz CT molecular complexity index is 235. The van der Waals surface area contributed by atoms with Crippen LogP contribution >= 0.6 is 0 Å². The minimum atomic E-state index is 0.503. The predicted molar refractivity (Wildman–Crippen MR) is 76.3 cm³/mol. The van der Waals surface area contributed by atoms with Gasteiger partial charge in [-0.2, -0.15) is 0 Å². The summed E-state index contributed by atoms with van der Waals surface area (Å²) in [5, 5.41) is 3.52. The zero-order valence-corrected chi connectivity index (χ0v) is 12.9. The summed E-state index contributed by atoms with van der Waals surface area (Å²) in [4.78, 5) is 2.60. The lowest BCUT2D eigenvalue weighted by Gasteiger charge is -2.47. The van der Waals surface area contributed by atoms with Crippen molar-refractivity contribution in [2.24, 2.45) is 11.3 Å². The monoisotopic (exact) mass is 240 g/mol. The van der Waals surface area contributed by atoms with Gasteiger partial charge in [0.2, 0.25) is 0 Å². The molecular weight excluding hydrogens is 208 g/mol. The molecule has 0 spiro atoms. The first kappa shape index (κ1) is 15.0. The van der Waals surface area contributed by atoms with Crippen LogP contribution in [0.15, 0.2) is 0 Å². The van der Waals surface area contributed by atoms with Gasteiger partial charge in [-0.05, 0) is 51.6 Å². The van der Waals surface area contributed by atoms with Crippen LogP contribution in [0.3, 0.4) is 0 Å². The van der Waals surface area contributed by atoms with Gasteiger partial charge >= 0.3 is 0 Å². The van der Waals surface area contributed by atoms with Gasteiger partial charge in [0, 0.05) is 18.1 Å². The van der Waals surface area contributed by atoms with Crippen molar-refractivity contribution in [2.75, 3.05) is 14.1 Å². The third-order valence-corrected chi connectivity index (χ3v) is 4.86. The largest absolute Gasteiger partial charge is 0.315 e. The van der Waals surface area contributed by atoms with Crippen molar-refractivity contribution in [2.45, 2.75) is 72.0 Å². The molecule has 1 aliphatic carbocycles. The summed E-state index contributed by atoms with van der Waals surface area (Å²) in [5.74, 6) is 0.725. The lowest BCUT2D eigenvalue weighted by Crippen LogP contribution is -2.55. The molecule has 2 heteroatoms. The zero-order valence-electron chi connectivity index (χ0n) is 12.9. The minimum Gasteiger partial charge on any atom is -0.315 e. The van der Waals surface area contributed by atoms with Gasteiger partial charge in [0.25, 0.3) is 0 Å². The van der Waals surface area contributed by atoms with E-state index in [1.54, 1.807) is 0 Å². The van der Waals surface area contributed by atoms with Crippen molar-refractivity contribution >= 4 is 0 Å². The molecule has 0 heterocycles. The Morgan fingerprint density at radius 1 is 1.24 bits per heavy atom. The van der Waals surface area contributed by atoms with E-state index in [0.29, 0.717) is 23.5 Å². The van der Waals surface area contributed by atoms with Crippen molar-refractivity contribution in [3.05, 3.63) is 0 Å². The Morgan fingerprint density at radius 2 is 1.82 bits per heavy atom. The van der Waals surface area contributed by atoms with Gasteiger partial charge in [0.05, 0.1) is 0 Å². The maximum absolute atomic E-state index is 3.52. The van der Waals surface area contributed by atoms with Gasteiger partial charge in [-0.1, -0.05) is 27.7 Å². The molecule has 0 aromatic rings. The molecule has 0 saturated heterocycles. The molecular formula is C15H32N2. The van der Waals surface area contributed by atoms with Crippen molar-refractivity contribution in [1.82, 2.24) is 10.2 Å². The molecule has 0 amide bonds. The second kappa shape index (κ2) is 5.71. The topological polar surface area (TPSA) is 15.3 Å². The second-order valence-corrected chi connectivity index (χ2v) is 7.02. The summed E-state index contributed by atoms with van der Waals surface area (Å²) < 4.78 is 0. The first-order valence-corrected chi connectivity index (χ1v) is 7.17. The molecule has 0 bridgehead atoms. The molecule has 1 aliphatic rings. The SMILES string of the molecule is CNC1CCC(C)(C)CC1N(C)C(C)C(C)C. The highest BCUT2D eigenvalue weighted by atomic mass is 15.2. The molecule has 0 aliphatic heterocycles. The molecule has 0 aromatic heterocycles. The Morgan fingerprint density at radius 3 is 2.29 bits per heavy atom. The average molecular weight is 240 g/mol. The average Bonchev–Trinajstić information content (AvgIpc) is 2.25. The van der Waals surface area contributed by atoms with Crippen molar-refractivity contribution < 1.29 is 0 Å². The molecule has 1 fully saturated rings. The van der Waals surface area contributed by atoms with E-state index < -0.39 is 0 Å². The highest BCUT2D eigenvalue weighted by Gasteiger charge is 2.37. The van der Waals surface area contributed by atoms with Crippen LogP contribution in [0, 0.1) is 11.3 Å². The van der Waals surface area contributed by atoms with E-state index in [9.17, 15) is 0 Å². The predicted octanol–water partition coefficient (Wildman–Crippen LogP) is 3.13. The Kier molecular flexibility index (Phi) is 5.03. The third-order valence-electron chi connectivity index (χ3n) is 4.86. The van der Waals surface area contributed by atoms with Gasteiger partial charge in [0.15, 0.2) is 0 Å². The van der Waals surface area contributed by atoms with Gasteiger partial charge in [-0.15, -0.1) is 0 Å².